The third kappa shape index (κ3) is 1.62. The minimum absolute atomic E-state index is 0.338. The molecule has 1 aromatic rings. The van der Waals surface area contributed by atoms with Crippen LogP contribution >= 0.6 is 0 Å². The third-order valence-corrected chi connectivity index (χ3v) is 3.33. The van der Waals surface area contributed by atoms with Crippen LogP contribution in [0.1, 0.15) is 0 Å². The Hall–Kier alpha value is -2.08. The Labute approximate surface area is 103 Å². The molecule has 1 amide bonds. The van der Waals surface area contributed by atoms with Crippen LogP contribution in [0.5, 0.6) is 0 Å². The van der Waals surface area contributed by atoms with Gasteiger partial charge >= 0.3 is 5.97 Å². The first kappa shape index (κ1) is 11.0. The lowest BCUT2D eigenvalue weighted by Gasteiger charge is -2.21. The smallest absolute Gasteiger partial charge is 0.310 e. The highest BCUT2D eigenvalue weighted by Gasteiger charge is 2.53. The minimum Gasteiger partial charge on any atom is -0.481 e. The van der Waals surface area contributed by atoms with E-state index in [0.717, 1.165) is 0 Å². The molecule has 2 bridgehead atoms. The van der Waals surface area contributed by atoms with Crippen molar-refractivity contribution in [3.63, 3.8) is 0 Å². The molecule has 6 nitrogen and oxygen atoms in total. The van der Waals surface area contributed by atoms with Gasteiger partial charge in [-0.15, -0.1) is 0 Å². The van der Waals surface area contributed by atoms with E-state index in [1.807, 2.05) is 0 Å². The van der Waals surface area contributed by atoms with Gasteiger partial charge in [0.25, 0.3) is 0 Å². The number of nitrogens with zero attached hydrogens (tertiary/aromatic N) is 1. The van der Waals surface area contributed by atoms with E-state index in [-0.39, 0.29) is 5.91 Å². The van der Waals surface area contributed by atoms with Crippen LogP contribution < -0.4 is 5.43 Å². The normalized spacial score (nSPS) is 32.7. The molecular formula is C12H12N2O4. The van der Waals surface area contributed by atoms with Gasteiger partial charge in [0.15, 0.2) is 0 Å². The zero-order valence-electron chi connectivity index (χ0n) is 9.39. The van der Waals surface area contributed by atoms with Gasteiger partial charge in [0, 0.05) is 12.4 Å². The van der Waals surface area contributed by atoms with Gasteiger partial charge in [-0.2, -0.15) is 0 Å². The summed E-state index contributed by atoms with van der Waals surface area (Å²) in [5.41, 5.74) is 2.63. The van der Waals surface area contributed by atoms with Gasteiger partial charge in [-0.05, 0) is 12.1 Å². The van der Waals surface area contributed by atoms with Crippen molar-refractivity contribution >= 4 is 11.9 Å². The minimum atomic E-state index is -1.00. The summed E-state index contributed by atoms with van der Waals surface area (Å²) >= 11 is 0. The number of fused-ring (bicyclic) bond motifs is 2. The molecule has 4 atom stereocenters. The number of carbonyl (C=O) groups is 2. The fourth-order valence-electron chi connectivity index (χ4n) is 2.53. The molecule has 3 heterocycles. The molecule has 18 heavy (non-hydrogen) atoms. The number of nitrogens with one attached hydrogen (secondary N) is 1. The van der Waals surface area contributed by atoms with Crippen molar-refractivity contribution in [1.82, 2.24) is 4.68 Å². The second kappa shape index (κ2) is 3.99. The number of carboxylic acid groups (broad SMARTS) is 1. The summed E-state index contributed by atoms with van der Waals surface area (Å²) in [6.45, 7) is 0. The molecule has 2 aliphatic rings. The van der Waals surface area contributed by atoms with E-state index < -0.39 is 30.0 Å². The standard InChI is InChI=1S/C12H12N2O4/c15-11(13-14-5-1-2-6-14)9-7-3-4-8(18-7)10(9)12(16)17/h1-10H,(H,13,15)(H,16,17)/t7-,8+,9-,10+/m1/s1. The van der Waals surface area contributed by atoms with Crippen molar-refractivity contribution in [2.45, 2.75) is 12.2 Å². The van der Waals surface area contributed by atoms with Crippen LogP contribution in [0, 0.1) is 11.8 Å². The quantitative estimate of drug-likeness (QED) is 0.749. The number of carbonyl (C=O) groups excluding carboxylic acids is 1. The summed E-state index contributed by atoms with van der Waals surface area (Å²) in [6.07, 6.45) is 5.89. The van der Waals surface area contributed by atoms with Gasteiger partial charge in [0.2, 0.25) is 5.91 Å². The number of amides is 1. The molecule has 0 aromatic carbocycles. The maximum absolute atomic E-state index is 12.1. The van der Waals surface area contributed by atoms with Crippen molar-refractivity contribution < 1.29 is 19.4 Å². The first-order valence-electron chi connectivity index (χ1n) is 5.67. The number of ether oxygens (including phenoxy) is 1. The molecule has 1 fully saturated rings. The summed E-state index contributed by atoms with van der Waals surface area (Å²) < 4.78 is 6.93. The summed E-state index contributed by atoms with van der Waals surface area (Å²) in [7, 11) is 0. The molecule has 2 aliphatic heterocycles. The van der Waals surface area contributed by atoms with E-state index in [9.17, 15) is 14.7 Å². The second-order valence-electron chi connectivity index (χ2n) is 4.41. The van der Waals surface area contributed by atoms with E-state index in [4.69, 9.17) is 4.74 Å². The van der Waals surface area contributed by atoms with E-state index in [1.165, 1.54) is 4.68 Å². The SMILES string of the molecule is O=C(O)[C@@H]1[C@H](C(=O)Nn2cccc2)[C@H]2C=C[C@@H]1O2. The Morgan fingerprint density at radius 3 is 2.33 bits per heavy atom. The van der Waals surface area contributed by atoms with Gasteiger partial charge in [-0.1, -0.05) is 12.2 Å². The maximum Gasteiger partial charge on any atom is 0.310 e. The van der Waals surface area contributed by atoms with Gasteiger partial charge in [0.05, 0.1) is 18.1 Å². The number of hydrogen-bond acceptors (Lipinski definition) is 3. The Morgan fingerprint density at radius 2 is 1.72 bits per heavy atom. The van der Waals surface area contributed by atoms with Crippen molar-refractivity contribution in [1.29, 1.82) is 0 Å². The molecular weight excluding hydrogens is 236 g/mol. The lowest BCUT2D eigenvalue weighted by Crippen LogP contribution is -2.41. The Bertz CT molecular complexity index is 508. The van der Waals surface area contributed by atoms with Crippen LogP contribution in [0.4, 0.5) is 0 Å². The lowest BCUT2D eigenvalue weighted by atomic mass is 9.82. The van der Waals surface area contributed by atoms with Crippen molar-refractivity contribution in [2.75, 3.05) is 5.43 Å². The Kier molecular flexibility index (Phi) is 2.45. The molecule has 0 spiro atoms. The first-order chi connectivity index (χ1) is 8.66. The van der Waals surface area contributed by atoms with E-state index in [1.54, 1.807) is 36.7 Å². The number of hydrogen-bond donors (Lipinski definition) is 2. The molecule has 0 radical (unpaired) electrons. The average molecular weight is 248 g/mol. The molecule has 0 aliphatic carbocycles. The molecule has 0 unspecified atom stereocenters. The summed E-state index contributed by atoms with van der Waals surface area (Å²) in [6, 6.07) is 3.54. The highest BCUT2D eigenvalue weighted by atomic mass is 16.5. The highest BCUT2D eigenvalue weighted by molar-refractivity contribution is 5.92. The zero-order valence-corrected chi connectivity index (χ0v) is 9.39. The molecule has 2 N–H and O–H groups in total. The number of carboxylic acids is 1. The van der Waals surface area contributed by atoms with Crippen LogP contribution in [-0.4, -0.2) is 33.9 Å². The molecule has 3 rings (SSSR count). The number of rotatable bonds is 3. The monoisotopic (exact) mass is 248 g/mol. The molecule has 94 valence electrons. The van der Waals surface area contributed by atoms with Crippen molar-refractivity contribution in [3.8, 4) is 0 Å². The van der Waals surface area contributed by atoms with Crippen LogP contribution in [0.2, 0.25) is 0 Å². The predicted octanol–water partition coefficient (Wildman–Crippen LogP) is 0.212. The van der Waals surface area contributed by atoms with Gasteiger partial charge in [0.1, 0.15) is 5.92 Å². The van der Waals surface area contributed by atoms with E-state index >= 15 is 0 Å². The molecule has 1 saturated heterocycles. The predicted molar refractivity (Wildman–Crippen MR) is 61.2 cm³/mol. The number of aliphatic carboxylic acids is 1. The van der Waals surface area contributed by atoms with E-state index in [2.05, 4.69) is 5.43 Å². The van der Waals surface area contributed by atoms with Gasteiger partial charge < -0.3 is 9.84 Å². The molecule has 1 aromatic heterocycles. The first-order valence-corrected chi connectivity index (χ1v) is 5.67. The van der Waals surface area contributed by atoms with Crippen LogP contribution in [0.3, 0.4) is 0 Å². The third-order valence-electron chi connectivity index (χ3n) is 3.33. The maximum atomic E-state index is 12.1. The van der Waals surface area contributed by atoms with Crippen LogP contribution in [0.15, 0.2) is 36.7 Å². The lowest BCUT2D eigenvalue weighted by molar-refractivity contribution is -0.146. The topological polar surface area (TPSA) is 80.6 Å². The Balaban J connectivity index is 1.80. The fraction of sp³-hybridized carbons (Fsp3) is 0.333. The average Bonchev–Trinajstić information content (AvgIpc) is 3.03. The van der Waals surface area contributed by atoms with Crippen LogP contribution in [0.25, 0.3) is 0 Å². The Morgan fingerprint density at radius 1 is 1.11 bits per heavy atom. The zero-order chi connectivity index (χ0) is 12.7. The molecule has 0 saturated carbocycles. The van der Waals surface area contributed by atoms with E-state index in [0.29, 0.717) is 0 Å². The van der Waals surface area contributed by atoms with Gasteiger partial charge in [-0.3, -0.25) is 19.7 Å². The molecule has 6 heteroatoms. The van der Waals surface area contributed by atoms with Crippen molar-refractivity contribution in [2.24, 2.45) is 11.8 Å². The fourth-order valence-corrected chi connectivity index (χ4v) is 2.53. The number of aromatic nitrogens is 1. The summed E-state index contributed by atoms with van der Waals surface area (Å²) in [5, 5.41) is 9.18. The second-order valence-corrected chi connectivity index (χ2v) is 4.41. The summed E-state index contributed by atoms with van der Waals surface area (Å²) in [5.74, 6) is -2.83. The van der Waals surface area contributed by atoms with Crippen molar-refractivity contribution in [3.05, 3.63) is 36.7 Å². The van der Waals surface area contributed by atoms with Crippen LogP contribution in [-0.2, 0) is 14.3 Å². The highest BCUT2D eigenvalue weighted by Crippen LogP contribution is 2.39. The summed E-state index contributed by atoms with van der Waals surface area (Å²) in [4.78, 5) is 23.3. The largest absolute Gasteiger partial charge is 0.481 e. The van der Waals surface area contributed by atoms with Gasteiger partial charge in [-0.25, -0.2) is 0 Å².